The van der Waals surface area contributed by atoms with Crippen molar-refractivity contribution in [3.05, 3.63) is 47.3 Å². The molecule has 1 unspecified atom stereocenters. The van der Waals surface area contributed by atoms with Gasteiger partial charge < -0.3 is 11.1 Å². The van der Waals surface area contributed by atoms with Gasteiger partial charge in [-0.2, -0.15) is 0 Å². The van der Waals surface area contributed by atoms with Crippen LogP contribution in [-0.4, -0.2) is 47.9 Å². The minimum Gasteiger partial charge on any atom is -0.385 e. The van der Waals surface area contributed by atoms with Crippen molar-refractivity contribution in [2.45, 2.75) is 64.6 Å². The van der Waals surface area contributed by atoms with Crippen LogP contribution >= 0.6 is 0 Å². The van der Waals surface area contributed by atoms with E-state index in [1.807, 2.05) is 6.08 Å². The van der Waals surface area contributed by atoms with Crippen LogP contribution in [0.2, 0.25) is 0 Å². The third kappa shape index (κ3) is 5.61. The first kappa shape index (κ1) is 20.4. The number of rotatable bonds is 5. The Balaban J connectivity index is 1.24. The predicted molar refractivity (Wildman–Crippen MR) is 120 cm³/mol. The highest BCUT2D eigenvalue weighted by Gasteiger charge is 2.25. The van der Waals surface area contributed by atoms with Crippen molar-refractivity contribution in [1.29, 1.82) is 0 Å². The normalized spacial score (nSPS) is 26.3. The summed E-state index contributed by atoms with van der Waals surface area (Å²) < 4.78 is 0. The molecule has 1 saturated heterocycles. The van der Waals surface area contributed by atoms with Gasteiger partial charge in [-0.1, -0.05) is 50.5 Å². The molecule has 0 spiro atoms. The Morgan fingerprint density at radius 2 is 1.69 bits per heavy atom. The van der Waals surface area contributed by atoms with Crippen LogP contribution in [-0.2, 0) is 13.1 Å². The van der Waals surface area contributed by atoms with Gasteiger partial charge in [-0.25, -0.2) is 0 Å². The molecular formula is C24H37N5. The summed E-state index contributed by atoms with van der Waals surface area (Å²) in [6.45, 7) is 8.83. The summed E-state index contributed by atoms with van der Waals surface area (Å²) in [6.07, 6.45) is 10.1. The van der Waals surface area contributed by atoms with Crippen LogP contribution in [0.25, 0.3) is 0 Å². The maximum Gasteiger partial charge on any atom is 0.105 e. The first-order valence-corrected chi connectivity index (χ1v) is 11.5. The van der Waals surface area contributed by atoms with Crippen molar-refractivity contribution < 1.29 is 0 Å². The van der Waals surface area contributed by atoms with E-state index in [1.54, 1.807) is 0 Å². The second-order valence-electron chi connectivity index (χ2n) is 9.04. The Kier molecular flexibility index (Phi) is 6.88. The minimum atomic E-state index is 0.411. The van der Waals surface area contributed by atoms with Gasteiger partial charge in [-0.15, -0.1) is 0 Å². The molecule has 1 aromatic rings. The van der Waals surface area contributed by atoms with Gasteiger partial charge in [0.25, 0.3) is 0 Å². The van der Waals surface area contributed by atoms with Gasteiger partial charge in [-0.3, -0.25) is 14.8 Å². The van der Waals surface area contributed by atoms with E-state index in [0.29, 0.717) is 12.5 Å². The molecule has 0 aromatic heterocycles. The summed E-state index contributed by atoms with van der Waals surface area (Å²) in [5.41, 5.74) is 8.54. The Bertz CT molecular complexity index is 709. The second-order valence-corrected chi connectivity index (χ2v) is 9.04. The van der Waals surface area contributed by atoms with E-state index in [1.165, 1.54) is 69.4 Å². The summed E-state index contributed by atoms with van der Waals surface area (Å²) in [7, 11) is 0. The van der Waals surface area contributed by atoms with Crippen LogP contribution in [0.1, 0.15) is 56.6 Å². The van der Waals surface area contributed by atoms with E-state index in [4.69, 9.17) is 10.7 Å². The molecule has 2 aliphatic heterocycles. The number of aliphatic imine (C=N–C) groups is 1. The molecule has 5 nitrogen and oxygen atoms in total. The van der Waals surface area contributed by atoms with Crippen LogP contribution in [0, 0.1) is 5.92 Å². The third-order valence-corrected chi connectivity index (χ3v) is 6.79. The zero-order chi connectivity index (χ0) is 20.1. The van der Waals surface area contributed by atoms with E-state index >= 15 is 0 Å². The molecule has 0 bridgehead atoms. The van der Waals surface area contributed by atoms with Crippen LogP contribution < -0.4 is 11.1 Å². The van der Waals surface area contributed by atoms with Gasteiger partial charge in [0.2, 0.25) is 0 Å². The number of benzene rings is 1. The first-order chi connectivity index (χ1) is 14.2. The Hall–Kier alpha value is -1.85. The molecule has 1 atom stereocenters. The summed E-state index contributed by atoms with van der Waals surface area (Å²) in [4.78, 5) is 10.1. The molecule has 0 radical (unpaired) electrons. The SMILES string of the molecule is CC1CC=C(N)NC1=NCc1ccc(CN2CCN(C3CCCCC3)CC2)cc1. The molecule has 5 heteroatoms. The predicted octanol–water partition coefficient (Wildman–Crippen LogP) is 3.46. The molecule has 1 saturated carbocycles. The molecule has 1 aliphatic carbocycles. The largest absolute Gasteiger partial charge is 0.385 e. The van der Waals surface area contributed by atoms with Crippen LogP contribution in [0.5, 0.6) is 0 Å². The quantitative estimate of drug-likeness (QED) is 0.802. The lowest BCUT2D eigenvalue weighted by atomic mass is 9.94. The summed E-state index contributed by atoms with van der Waals surface area (Å²) in [6, 6.07) is 9.86. The number of nitrogens with one attached hydrogen (secondary N) is 1. The number of piperazine rings is 1. The number of allylic oxidation sites excluding steroid dienone is 1. The van der Waals surface area contributed by atoms with Gasteiger partial charge in [0.1, 0.15) is 5.84 Å². The highest BCUT2D eigenvalue weighted by molar-refractivity contribution is 5.86. The van der Waals surface area contributed by atoms with Crippen molar-refractivity contribution in [2.24, 2.45) is 16.6 Å². The standard InChI is InChI=1S/C24H37N5/c1-19-7-12-23(25)27-24(19)26-17-20-8-10-21(11-9-20)18-28-13-15-29(16-14-28)22-5-3-2-4-6-22/h8-12,19,22H,2-7,13-18,25H2,1H3,(H,26,27). The van der Waals surface area contributed by atoms with Crippen LogP contribution in [0.4, 0.5) is 0 Å². The van der Waals surface area contributed by atoms with Gasteiger partial charge in [0, 0.05) is 44.7 Å². The Morgan fingerprint density at radius 1 is 1.00 bits per heavy atom. The fourth-order valence-corrected chi connectivity index (χ4v) is 4.85. The maximum atomic E-state index is 5.88. The van der Waals surface area contributed by atoms with E-state index in [2.05, 4.69) is 46.3 Å². The summed E-state index contributed by atoms with van der Waals surface area (Å²) >= 11 is 0. The molecule has 158 valence electrons. The Morgan fingerprint density at radius 3 is 2.41 bits per heavy atom. The highest BCUT2D eigenvalue weighted by Crippen LogP contribution is 2.24. The fraction of sp³-hybridized carbons (Fsp3) is 0.625. The van der Waals surface area contributed by atoms with Gasteiger partial charge in [0.05, 0.1) is 12.4 Å². The van der Waals surface area contributed by atoms with Crippen molar-refractivity contribution in [2.75, 3.05) is 26.2 Å². The van der Waals surface area contributed by atoms with Crippen molar-refractivity contribution in [1.82, 2.24) is 15.1 Å². The molecule has 1 aromatic carbocycles. The van der Waals surface area contributed by atoms with E-state index in [0.717, 1.165) is 30.7 Å². The molecule has 2 heterocycles. The third-order valence-electron chi connectivity index (χ3n) is 6.79. The number of hydrogen-bond donors (Lipinski definition) is 2. The lowest BCUT2D eigenvalue weighted by molar-refractivity contribution is 0.0755. The molecule has 3 N–H and O–H groups in total. The molecule has 3 aliphatic rings. The van der Waals surface area contributed by atoms with Crippen molar-refractivity contribution in [3.63, 3.8) is 0 Å². The smallest absolute Gasteiger partial charge is 0.105 e. The Labute approximate surface area is 176 Å². The van der Waals surface area contributed by atoms with Gasteiger partial charge in [-0.05, 0) is 36.5 Å². The average Bonchev–Trinajstić information content (AvgIpc) is 2.76. The van der Waals surface area contributed by atoms with E-state index < -0.39 is 0 Å². The number of amidine groups is 1. The minimum absolute atomic E-state index is 0.411. The lowest BCUT2D eigenvalue weighted by Gasteiger charge is -2.40. The fourth-order valence-electron chi connectivity index (χ4n) is 4.85. The van der Waals surface area contributed by atoms with Crippen molar-refractivity contribution >= 4 is 5.84 Å². The summed E-state index contributed by atoms with van der Waals surface area (Å²) in [5, 5.41) is 3.21. The highest BCUT2D eigenvalue weighted by atomic mass is 15.3. The topological polar surface area (TPSA) is 56.9 Å². The van der Waals surface area contributed by atoms with Crippen LogP contribution in [0.3, 0.4) is 0 Å². The molecule has 2 fully saturated rings. The lowest BCUT2D eigenvalue weighted by Crippen LogP contribution is -2.50. The molecule has 0 amide bonds. The van der Waals surface area contributed by atoms with Crippen LogP contribution in [0.15, 0.2) is 41.2 Å². The molecular weight excluding hydrogens is 358 g/mol. The number of hydrogen-bond acceptors (Lipinski definition) is 4. The summed E-state index contributed by atoms with van der Waals surface area (Å²) in [5.74, 6) is 2.14. The van der Waals surface area contributed by atoms with Gasteiger partial charge in [0.15, 0.2) is 0 Å². The molecule has 4 rings (SSSR count). The second kappa shape index (κ2) is 9.77. The monoisotopic (exact) mass is 395 g/mol. The maximum absolute atomic E-state index is 5.88. The van der Waals surface area contributed by atoms with Crippen molar-refractivity contribution in [3.8, 4) is 0 Å². The first-order valence-electron chi connectivity index (χ1n) is 11.5. The van der Waals surface area contributed by atoms with E-state index in [9.17, 15) is 0 Å². The van der Waals surface area contributed by atoms with E-state index in [-0.39, 0.29) is 0 Å². The number of nitrogens with two attached hydrogens (primary N) is 1. The average molecular weight is 396 g/mol. The number of nitrogens with zero attached hydrogens (tertiary/aromatic N) is 3. The van der Waals surface area contributed by atoms with Gasteiger partial charge >= 0.3 is 0 Å². The molecule has 29 heavy (non-hydrogen) atoms. The zero-order valence-corrected chi connectivity index (χ0v) is 17.9. The zero-order valence-electron chi connectivity index (χ0n) is 17.9.